The van der Waals surface area contributed by atoms with Gasteiger partial charge in [-0.3, -0.25) is 9.79 Å². The molecule has 0 saturated heterocycles. The highest BCUT2D eigenvalue weighted by Crippen LogP contribution is 2.35. The first kappa shape index (κ1) is 21.6. The van der Waals surface area contributed by atoms with Crippen molar-refractivity contribution in [2.24, 2.45) is 4.99 Å². The van der Waals surface area contributed by atoms with Crippen LogP contribution in [0.5, 0.6) is 0 Å². The second-order valence-electron chi connectivity index (χ2n) is 7.90. The molecule has 1 unspecified atom stereocenters. The molecule has 1 aliphatic rings. The topological polar surface area (TPSA) is 45.2 Å². The van der Waals surface area contributed by atoms with Crippen LogP contribution in [0.25, 0.3) is 10.9 Å². The van der Waals surface area contributed by atoms with E-state index in [2.05, 4.69) is 11.9 Å². The molecular weight excluding hydrogens is 425 g/mol. The minimum absolute atomic E-state index is 0.0597. The molecule has 0 amide bonds. The van der Waals surface area contributed by atoms with Crippen LogP contribution < -0.4 is 5.43 Å². The lowest BCUT2D eigenvalue weighted by molar-refractivity contribution is -0.137. The fourth-order valence-electron chi connectivity index (χ4n) is 4.12. The number of rotatable bonds is 4. The van der Waals surface area contributed by atoms with Crippen LogP contribution in [-0.2, 0) is 12.6 Å². The summed E-state index contributed by atoms with van der Waals surface area (Å²) in [6.07, 6.45) is -1.44. The molecule has 1 atom stereocenters. The fourth-order valence-corrected chi connectivity index (χ4v) is 4.29. The van der Waals surface area contributed by atoms with Gasteiger partial charge >= 0.3 is 6.18 Å². The van der Waals surface area contributed by atoms with Gasteiger partial charge in [-0.25, -0.2) is 0 Å². The molecule has 3 nitrogen and oxygen atoms in total. The number of H-pyrrole nitrogens is 1. The number of hydrogen-bond acceptors (Lipinski definition) is 2. The molecule has 0 aliphatic heterocycles. The van der Waals surface area contributed by atoms with E-state index in [-0.39, 0.29) is 11.3 Å². The zero-order valence-electron chi connectivity index (χ0n) is 17.0. The van der Waals surface area contributed by atoms with E-state index in [9.17, 15) is 18.0 Å². The monoisotopic (exact) mass is 446 g/mol. The molecule has 162 valence electrons. The number of hydrogen-bond donors (Lipinski definition) is 1. The molecule has 0 spiro atoms. The maximum atomic E-state index is 13.3. The molecule has 0 radical (unpaired) electrons. The predicted octanol–water partition coefficient (Wildman–Crippen LogP) is 6.52. The number of nitrogens with zero attached hydrogens (tertiary/aromatic N) is 1. The number of aliphatic imine (C=N–C) groups is 1. The Labute approximate surface area is 183 Å². The Bertz CT molecular complexity index is 1200. The van der Waals surface area contributed by atoms with E-state index in [1.807, 2.05) is 0 Å². The van der Waals surface area contributed by atoms with E-state index in [4.69, 9.17) is 16.6 Å². The SMILES string of the molecule is CCCCN=C1CC(c2ccc(C(F)(F)F)cc2)Cc2[nH]c3ccc(Cl)cc3c(=O)c21. The highest BCUT2D eigenvalue weighted by molar-refractivity contribution is 6.31. The maximum absolute atomic E-state index is 13.3. The summed E-state index contributed by atoms with van der Waals surface area (Å²) in [5.41, 5.74) is 2.78. The molecule has 2 aromatic carbocycles. The Morgan fingerprint density at radius 1 is 1.13 bits per heavy atom. The van der Waals surface area contributed by atoms with Crippen molar-refractivity contribution in [2.75, 3.05) is 6.54 Å². The van der Waals surface area contributed by atoms with Crippen molar-refractivity contribution in [2.45, 2.75) is 44.7 Å². The molecule has 3 aromatic rings. The number of pyridine rings is 1. The molecular formula is C24H22ClF3N2O. The van der Waals surface area contributed by atoms with Crippen LogP contribution in [0, 0.1) is 0 Å². The van der Waals surface area contributed by atoms with Gasteiger partial charge in [0.05, 0.1) is 11.1 Å². The van der Waals surface area contributed by atoms with Gasteiger partial charge in [-0.15, -0.1) is 0 Å². The summed E-state index contributed by atoms with van der Waals surface area (Å²) >= 11 is 6.10. The molecule has 0 fully saturated rings. The zero-order chi connectivity index (χ0) is 22.2. The summed E-state index contributed by atoms with van der Waals surface area (Å²) in [5, 5.41) is 1.00. The summed E-state index contributed by atoms with van der Waals surface area (Å²) in [5.74, 6) is -0.0597. The van der Waals surface area contributed by atoms with Gasteiger partial charge in [0.2, 0.25) is 0 Å². The zero-order valence-corrected chi connectivity index (χ0v) is 17.8. The summed E-state index contributed by atoms with van der Waals surface area (Å²) in [4.78, 5) is 21.4. The van der Waals surface area contributed by atoms with Crippen molar-refractivity contribution in [1.82, 2.24) is 4.98 Å². The summed E-state index contributed by atoms with van der Waals surface area (Å²) in [6, 6.07) is 10.4. The predicted molar refractivity (Wildman–Crippen MR) is 118 cm³/mol. The lowest BCUT2D eigenvalue weighted by Gasteiger charge is -2.27. The van der Waals surface area contributed by atoms with E-state index < -0.39 is 11.7 Å². The Morgan fingerprint density at radius 3 is 2.55 bits per heavy atom. The maximum Gasteiger partial charge on any atom is 0.416 e. The van der Waals surface area contributed by atoms with Gasteiger partial charge in [-0.05, 0) is 61.1 Å². The number of aromatic nitrogens is 1. The van der Waals surface area contributed by atoms with Crippen LogP contribution >= 0.6 is 11.6 Å². The molecule has 0 bridgehead atoms. The molecule has 1 heterocycles. The largest absolute Gasteiger partial charge is 0.416 e. The first-order valence-electron chi connectivity index (χ1n) is 10.3. The molecule has 31 heavy (non-hydrogen) atoms. The summed E-state index contributed by atoms with van der Waals surface area (Å²) < 4.78 is 38.8. The molecule has 7 heteroatoms. The molecule has 1 aromatic heterocycles. The second-order valence-corrected chi connectivity index (χ2v) is 8.34. The third-order valence-electron chi connectivity index (χ3n) is 5.74. The van der Waals surface area contributed by atoms with E-state index in [1.165, 1.54) is 12.1 Å². The first-order chi connectivity index (χ1) is 14.8. The summed E-state index contributed by atoms with van der Waals surface area (Å²) in [7, 11) is 0. The number of unbranched alkanes of at least 4 members (excludes halogenated alkanes) is 1. The van der Waals surface area contributed by atoms with Crippen molar-refractivity contribution < 1.29 is 13.2 Å². The van der Waals surface area contributed by atoms with Gasteiger partial charge in [-0.2, -0.15) is 13.2 Å². The average molecular weight is 447 g/mol. The van der Waals surface area contributed by atoms with Gasteiger partial charge < -0.3 is 4.98 Å². The van der Waals surface area contributed by atoms with Crippen molar-refractivity contribution >= 4 is 28.2 Å². The van der Waals surface area contributed by atoms with Crippen molar-refractivity contribution in [3.63, 3.8) is 0 Å². The quantitative estimate of drug-likeness (QED) is 0.455. The fraction of sp³-hybridized carbons (Fsp3) is 0.333. The van der Waals surface area contributed by atoms with Crippen LogP contribution in [0.15, 0.2) is 52.3 Å². The van der Waals surface area contributed by atoms with Gasteiger partial charge in [0.15, 0.2) is 5.43 Å². The molecule has 1 aliphatic carbocycles. The van der Waals surface area contributed by atoms with Crippen LogP contribution in [0.1, 0.15) is 54.5 Å². The van der Waals surface area contributed by atoms with Gasteiger partial charge in [-0.1, -0.05) is 37.1 Å². The number of nitrogens with one attached hydrogen (secondary N) is 1. The van der Waals surface area contributed by atoms with Gasteiger partial charge in [0, 0.05) is 33.9 Å². The molecule has 4 rings (SSSR count). The minimum atomic E-state index is -4.37. The second kappa shape index (κ2) is 8.50. The lowest BCUT2D eigenvalue weighted by Crippen LogP contribution is -2.28. The molecule has 1 N–H and O–H groups in total. The smallest absolute Gasteiger partial charge is 0.358 e. The van der Waals surface area contributed by atoms with E-state index in [0.29, 0.717) is 46.6 Å². The van der Waals surface area contributed by atoms with Crippen molar-refractivity contribution in [1.29, 1.82) is 0 Å². The first-order valence-corrected chi connectivity index (χ1v) is 10.7. The normalized spacial score (nSPS) is 17.8. The van der Waals surface area contributed by atoms with Crippen LogP contribution in [0.3, 0.4) is 0 Å². The minimum Gasteiger partial charge on any atom is -0.358 e. The van der Waals surface area contributed by atoms with Crippen LogP contribution in [0.4, 0.5) is 13.2 Å². The van der Waals surface area contributed by atoms with E-state index >= 15 is 0 Å². The Morgan fingerprint density at radius 2 is 1.87 bits per heavy atom. The Hall–Kier alpha value is -2.60. The van der Waals surface area contributed by atoms with Gasteiger partial charge in [0.1, 0.15) is 0 Å². The highest BCUT2D eigenvalue weighted by Gasteiger charge is 2.32. The standard InChI is InChI=1S/C24H22ClF3N2O/c1-2-3-10-29-20-11-15(14-4-6-16(7-5-14)24(26,27)28)12-21-22(20)23(31)18-13-17(25)8-9-19(18)30-21/h4-9,13,15H,2-3,10-12H2,1H3,(H,30,31). The number of fused-ring (bicyclic) bond motifs is 2. The van der Waals surface area contributed by atoms with Crippen LogP contribution in [-0.4, -0.2) is 17.2 Å². The Kier molecular flexibility index (Phi) is 5.93. The lowest BCUT2D eigenvalue weighted by atomic mass is 9.80. The number of halogens is 4. The van der Waals surface area contributed by atoms with E-state index in [1.54, 1.807) is 18.2 Å². The highest BCUT2D eigenvalue weighted by atomic mass is 35.5. The third-order valence-corrected chi connectivity index (χ3v) is 5.98. The van der Waals surface area contributed by atoms with Crippen LogP contribution in [0.2, 0.25) is 5.02 Å². The number of benzene rings is 2. The van der Waals surface area contributed by atoms with Gasteiger partial charge in [0.25, 0.3) is 0 Å². The summed E-state index contributed by atoms with van der Waals surface area (Å²) in [6.45, 7) is 2.68. The van der Waals surface area contributed by atoms with Crippen molar-refractivity contribution in [3.05, 3.63) is 80.1 Å². The number of aromatic amines is 1. The number of alkyl halides is 3. The Balaban J connectivity index is 1.79. The van der Waals surface area contributed by atoms with Crippen molar-refractivity contribution in [3.8, 4) is 0 Å². The molecule has 0 saturated carbocycles. The average Bonchev–Trinajstić information content (AvgIpc) is 2.74. The third kappa shape index (κ3) is 4.40. The van der Waals surface area contributed by atoms with E-state index in [0.717, 1.165) is 36.2 Å².